The van der Waals surface area contributed by atoms with Gasteiger partial charge in [0, 0.05) is 27.2 Å². The average molecular weight is 451 g/mol. The molecule has 3 aromatic carbocycles. The maximum atomic E-state index is 11.3. The van der Waals surface area contributed by atoms with E-state index in [9.17, 15) is 10.1 Å². The molecule has 0 fully saturated rings. The van der Waals surface area contributed by atoms with E-state index >= 15 is 0 Å². The summed E-state index contributed by atoms with van der Waals surface area (Å²) in [6, 6.07) is 26.2. The van der Waals surface area contributed by atoms with Crippen molar-refractivity contribution in [2.24, 2.45) is 0 Å². The number of carbonyl (C=O) groups is 1. The van der Waals surface area contributed by atoms with Crippen LogP contribution in [0.3, 0.4) is 0 Å². The molecule has 0 aliphatic carbocycles. The third-order valence-electron chi connectivity index (χ3n) is 5.59. The number of benzene rings is 3. The van der Waals surface area contributed by atoms with Gasteiger partial charge in [0.15, 0.2) is 5.78 Å². The molecule has 1 N–H and O–H groups in total. The number of aromatic nitrogens is 1. The number of hydrogen-bond donors (Lipinski definition) is 1. The van der Waals surface area contributed by atoms with Crippen molar-refractivity contribution in [2.45, 2.75) is 20.3 Å². The number of para-hydroxylation sites is 1. The SMILES string of the molecule is CC/C(=C(/c1ccc(/C=C/C(C)=O)cc1)c1cc2ccccc2[nH]1)c1ccc(Cl)cc1C#N. The minimum atomic E-state index is 0.0118. The second kappa shape index (κ2) is 9.73. The molecule has 0 aliphatic rings. The minimum absolute atomic E-state index is 0.0118. The quantitative estimate of drug-likeness (QED) is 0.242. The van der Waals surface area contributed by atoms with Gasteiger partial charge in [0.25, 0.3) is 0 Å². The zero-order valence-corrected chi connectivity index (χ0v) is 19.3. The molecule has 4 rings (SSSR count). The Morgan fingerprint density at radius 1 is 1.06 bits per heavy atom. The van der Waals surface area contributed by atoms with Gasteiger partial charge in [-0.2, -0.15) is 5.26 Å². The van der Waals surface area contributed by atoms with E-state index in [1.165, 1.54) is 6.92 Å². The standard InChI is InChI=1S/C29H23ClN2O/c1-3-25(26-15-14-24(30)16-23(26)18-31)29(28-17-22-6-4-5-7-27(22)32-28)21-12-10-20(11-13-21)9-8-19(2)33/h4-17,32H,3H2,1-2H3/b9-8+,29-25+. The zero-order chi connectivity index (χ0) is 23.4. The highest BCUT2D eigenvalue weighted by atomic mass is 35.5. The van der Waals surface area contributed by atoms with Crippen LogP contribution < -0.4 is 0 Å². The van der Waals surface area contributed by atoms with Crippen molar-refractivity contribution in [3.63, 3.8) is 0 Å². The number of fused-ring (bicyclic) bond motifs is 1. The molecule has 0 atom stereocenters. The van der Waals surface area contributed by atoms with E-state index in [1.54, 1.807) is 12.1 Å². The first-order valence-corrected chi connectivity index (χ1v) is 11.2. The molecule has 4 heteroatoms. The highest BCUT2D eigenvalue weighted by Gasteiger charge is 2.17. The summed E-state index contributed by atoms with van der Waals surface area (Å²) in [4.78, 5) is 14.9. The number of nitrogens with one attached hydrogen (secondary N) is 1. The summed E-state index contributed by atoms with van der Waals surface area (Å²) < 4.78 is 0. The largest absolute Gasteiger partial charge is 0.355 e. The molecular weight excluding hydrogens is 428 g/mol. The molecule has 1 aromatic heterocycles. The fourth-order valence-electron chi connectivity index (χ4n) is 4.05. The summed E-state index contributed by atoms with van der Waals surface area (Å²) in [6.07, 6.45) is 4.10. The summed E-state index contributed by atoms with van der Waals surface area (Å²) in [5.74, 6) is 0.0118. The summed E-state index contributed by atoms with van der Waals surface area (Å²) in [5.41, 5.74) is 7.53. The van der Waals surface area contributed by atoms with Crippen molar-refractivity contribution in [2.75, 3.05) is 0 Å². The van der Waals surface area contributed by atoms with Crippen LogP contribution in [0, 0.1) is 11.3 Å². The second-order valence-corrected chi connectivity index (χ2v) is 8.28. The van der Waals surface area contributed by atoms with Gasteiger partial charge in [-0.15, -0.1) is 0 Å². The predicted octanol–water partition coefficient (Wildman–Crippen LogP) is 7.66. The Morgan fingerprint density at radius 2 is 1.82 bits per heavy atom. The maximum Gasteiger partial charge on any atom is 0.152 e. The topological polar surface area (TPSA) is 56.6 Å². The molecule has 0 radical (unpaired) electrons. The lowest BCUT2D eigenvalue weighted by molar-refractivity contribution is -0.112. The number of rotatable bonds is 6. The molecule has 0 saturated carbocycles. The fraction of sp³-hybridized carbons (Fsp3) is 0.103. The number of ketones is 1. The molecule has 3 nitrogen and oxygen atoms in total. The summed E-state index contributed by atoms with van der Waals surface area (Å²) in [6.45, 7) is 3.63. The number of H-pyrrole nitrogens is 1. The van der Waals surface area contributed by atoms with Gasteiger partial charge < -0.3 is 4.98 Å². The fourth-order valence-corrected chi connectivity index (χ4v) is 4.22. The van der Waals surface area contributed by atoms with Crippen LogP contribution in [0.1, 0.15) is 48.2 Å². The molecule has 1 heterocycles. The summed E-state index contributed by atoms with van der Waals surface area (Å²) in [5, 5.41) is 11.5. The van der Waals surface area contributed by atoms with E-state index in [4.69, 9.17) is 11.6 Å². The Labute approximate surface area is 198 Å². The van der Waals surface area contributed by atoms with Crippen LogP contribution >= 0.6 is 11.6 Å². The summed E-state index contributed by atoms with van der Waals surface area (Å²) in [7, 11) is 0. The van der Waals surface area contributed by atoms with Crippen LogP contribution in [0.25, 0.3) is 28.1 Å². The van der Waals surface area contributed by atoms with Crippen LogP contribution in [-0.2, 0) is 4.79 Å². The Morgan fingerprint density at radius 3 is 2.48 bits per heavy atom. The molecular formula is C29H23ClN2O. The smallest absolute Gasteiger partial charge is 0.152 e. The first kappa shape index (κ1) is 22.3. The highest BCUT2D eigenvalue weighted by Crippen LogP contribution is 2.37. The molecule has 4 aromatic rings. The normalized spacial score (nSPS) is 12.1. The second-order valence-electron chi connectivity index (χ2n) is 7.85. The Bertz CT molecular complexity index is 1400. The van der Waals surface area contributed by atoms with Crippen molar-refractivity contribution in [1.29, 1.82) is 5.26 Å². The first-order chi connectivity index (χ1) is 16.0. The van der Waals surface area contributed by atoms with Gasteiger partial charge in [0.1, 0.15) is 0 Å². The molecule has 0 saturated heterocycles. The van der Waals surface area contributed by atoms with Crippen LogP contribution in [0.5, 0.6) is 0 Å². The number of carbonyl (C=O) groups excluding carboxylic acids is 1. The monoisotopic (exact) mass is 450 g/mol. The van der Waals surface area contributed by atoms with Crippen LogP contribution in [-0.4, -0.2) is 10.8 Å². The maximum absolute atomic E-state index is 11.3. The van der Waals surface area contributed by atoms with E-state index in [0.717, 1.165) is 50.9 Å². The molecule has 162 valence electrons. The zero-order valence-electron chi connectivity index (χ0n) is 18.5. The van der Waals surface area contributed by atoms with E-state index < -0.39 is 0 Å². The predicted molar refractivity (Wildman–Crippen MR) is 137 cm³/mol. The van der Waals surface area contributed by atoms with Gasteiger partial charge in [-0.25, -0.2) is 0 Å². The number of hydrogen-bond acceptors (Lipinski definition) is 2. The Kier molecular flexibility index (Phi) is 6.58. The van der Waals surface area contributed by atoms with Crippen molar-refractivity contribution < 1.29 is 4.79 Å². The first-order valence-electron chi connectivity index (χ1n) is 10.8. The average Bonchev–Trinajstić information content (AvgIpc) is 3.25. The van der Waals surface area contributed by atoms with Gasteiger partial charge >= 0.3 is 0 Å². The lowest BCUT2D eigenvalue weighted by Gasteiger charge is -2.16. The summed E-state index contributed by atoms with van der Waals surface area (Å²) >= 11 is 6.18. The van der Waals surface area contributed by atoms with E-state index in [1.807, 2.05) is 42.5 Å². The van der Waals surface area contributed by atoms with E-state index in [2.05, 4.69) is 48.3 Å². The third kappa shape index (κ3) is 4.82. The van der Waals surface area contributed by atoms with Crippen molar-refractivity contribution in [1.82, 2.24) is 4.98 Å². The number of nitrogens with zero attached hydrogens (tertiary/aromatic N) is 1. The molecule has 0 bridgehead atoms. The van der Waals surface area contributed by atoms with Crippen molar-refractivity contribution >= 4 is 45.5 Å². The third-order valence-corrected chi connectivity index (χ3v) is 5.83. The minimum Gasteiger partial charge on any atom is -0.355 e. The van der Waals surface area contributed by atoms with Crippen LogP contribution in [0.2, 0.25) is 5.02 Å². The molecule has 33 heavy (non-hydrogen) atoms. The van der Waals surface area contributed by atoms with Crippen molar-refractivity contribution in [3.05, 3.63) is 112 Å². The molecule has 0 unspecified atom stereocenters. The molecule has 0 amide bonds. The van der Waals surface area contributed by atoms with E-state index in [-0.39, 0.29) is 5.78 Å². The van der Waals surface area contributed by atoms with Gasteiger partial charge in [-0.3, -0.25) is 4.79 Å². The van der Waals surface area contributed by atoms with Crippen LogP contribution in [0.15, 0.2) is 78.9 Å². The lowest BCUT2D eigenvalue weighted by atomic mass is 9.88. The number of allylic oxidation sites excluding steroid dienone is 2. The van der Waals surface area contributed by atoms with Gasteiger partial charge in [0.2, 0.25) is 0 Å². The Hall–Kier alpha value is -3.87. The van der Waals surface area contributed by atoms with E-state index in [0.29, 0.717) is 10.6 Å². The lowest BCUT2D eigenvalue weighted by Crippen LogP contribution is -1.98. The molecule has 0 spiro atoms. The van der Waals surface area contributed by atoms with Crippen molar-refractivity contribution in [3.8, 4) is 6.07 Å². The van der Waals surface area contributed by atoms with Gasteiger partial charge in [0.05, 0.1) is 11.6 Å². The van der Waals surface area contributed by atoms with Gasteiger partial charge in [-0.05, 0) is 65.9 Å². The number of nitriles is 1. The number of aromatic amines is 1. The Balaban J connectivity index is 1.96. The molecule has 0 aliphatic heterocycles. The number of halogens is 1. The van der Waals surface area contributed by atoms with Crippen LogP contribution in [0.4, 0.5) is 0 Å². The highest BCUT2D eigenvalue weighted by molar-refractivity contribution is 6.30. The van der Waals surface area contributed by atoms with Gasteiger partial charge in [-0.1, -0.05) is 73.1 Å².